The highest BCUT2D eigenvalue weighted by Crippen LogP contribution is 2.33. The molecule has 18 heavy (non-hydrogen) atoms. The first kappa shape index (κ1) is 12.4. The number of carboxylic acid groups (broad SMARTS) is 2. The molecule has 1 amide bonds. The van der Waals surface area contributed by atoms with E-state index in [4.69, 9.17) is 10.2 Å². The Bertz CT molecular complexity index is 464. The van der Waals surface area contributed by atoms with Crippen molar-refractivity contribution in [3.8, 4) is 0 Å². The molecule has 0 aromatic heterocycles. The van der Waals surface area contributed by atoms with Gasteiger partial charge >= 0.3 is 12.1 Å². The second-order valence-corrected chi connectivity index (χ2v) is 4.58. The van der Waals surface area contributed by atoms with Crippen LogP contribution >= 0.6 is 0 Å². The van der Waals surface area contributed by atoms with E-state index in [9.17, 15) is 9.59 Å². The van der Waals surface area contributed by atoms with Gasteiger partial charge in [-0.3, -0.25) is 4.90 Å². The molecule has 0 bridgehead atoms. The molecular formula is C13H15NO4. The van der Waals surface area contributed by atoms with Gasteiger partial charge < -0.3 is 10.2 Å². The van der Waals surface area contributed by atoms with Crippen LogP contribution in [0.4, 0.5) is 4.79 Å². The van der Waals surface area contributed by atoms with Gasteiger partial charge in [0.2, 0.25) is 0 Å². The summed E-state index contributed by atoms with van der Waals surface area (Å²) in [6, 6.07) is 6.75. The van der Waals surface area contributed by atoms with Crippen molar-refractivity contribution < 1.29 is 19.8 Å². The lowest BCUT2D eigenvalue weighted by atomic mass is 9.93. The summed E-state index contributed by atoms with van der Waals surface area (Å²) in [5.74, 6) is -1.11. The van der Waals surface area contributed by atoms with Gasteiger partial charge in [-0.2, -0.15) is 0 Å². The lowest BCUT2D eigenvalue weighted by molar-refractivity contribution is -0.141. The summed E-state index contributed by atoms with van der Waals surface area (Å²) < 4.78 is 0. The summed E-state index contributed by atoms with van der Waals surface area (Å²) in [4.78, 5) is 23.1. The van der Waals surface area contributed by atoms with Gasteiger partial charge in [-0.1, -0.05) is 24.3 Å². The maximum atomic E-state index is 11.1. The average molecular weight is 249 g/mol. The first-order valence-electron chi connectivity index (χ1n) is 5.78. The minimum absolute atomic E-state index is 0.0385. The van der Waals surface area contributed by atoms with Gasteiger partial charge in [0.05, 0.1) is 0 Å². The molecule has 2 N–H and O–H groups in total. The van der Waals surface area contributed by atoms with E-state index >= 15 is 0 Å². The number of likely N-dealkylation sites (tertiary alicyclic amines) is 1. The summed E-state index contributed by atoms with van der Waals surface area (Å²) in [5.41, 5.74) is 2.10. The summed E-state index contributed by atoms with van der Waals surface area (Å²) in [7, 11) is 0. The van der Waals surface area contributed by atoms with Crippen LogP contribution in [-0.2, 0) is 4.79 Å². The number of carbonyl (C=O) groups is 2. The van der Waals surface area contributed by atoms with Crippen molar-refractivity contribution >= 4 is 12.1 Å². The van der Waals surface area contributed by atoms with Crippen molar-refractivity contribution in [1.29, 1.82) is 0 Å². The van der Waals surface area contributed by atoms with E-state index in [0.717, 1.165) is 16.0 Å². The third kappa shape index (κ3) is 2.16. The van der Waals surface area contributed by atoms with Gasteiger partial charge in [0, 0.05) is 12.5 Å². The van der Waals surface area contributed by atoms with Crippen LogP contribution in [0.15, 0.2) is 24.3 Å². The van der Waals surface area contributed by atoms with E-state index in [-0.39, 0.29) is 12.5 Å². The Balaban J connectivity index is 2.26. The molecule has 0 radical (unpaired) electrons. The van der Waals surface area contributed by atoms with E-state index < -0.39 is 18.1 Å². The fourth-order valence-corrected chi connectivity index (χ4v) is 2.55. The third-order valence-corrected chi connectivity index (χ3v) is 3.46. The number of aryl methyl sites for hydroxylation is 1. The van der Waals surface area contributed by atoms with Gasteiger partial charge in [-0.05, 0) is 24.5 Å². The Kier molecular flexibility index (Phi) is 3.23. The quantitative estimate of drug-likeness (QED) is 0.839. The number of benzene rings is 1. The monoisotopic (exact) mass is 249 g/mol. The number of nitrogens with zero attached hydrogens (tertiary/aromatic N) is 1. The first-order valence-corrected chi connectivity index (χ1v) is 5.78. The molecule has 5 nitrogen and oxygen atoms in total. The number of hydrogen-bond acceptors (Lipinski definition) is 2. The molecule has 1 aliphatic rings. The normalized spacial score (nSPS) is 23.1. The molecular weight excluding hydrogens is 234 g/mol. The minimum atomic E-state index is -1.17. The van der Waals surface area contributed by atoms with E-state index in [0.29, 0.717) is 6.42 Å². The highest BCUT2D eigenvalue weighted by molar-refractivity contribution is 5.80. The predicted molar refractivity (Wildman–Crippen MR) is 64.7 cm³/mol. The van der Waals surface area contributed by atoms with Crippen LogP contribution in [0.5, 0.6) is 0 Å². The van der Waals surface area contributed by atoms with Crippen LogP contribution < -0.4 is 0 Å². The van der Waals surface area contributed by atoms with Gasteiger partial charge in [0.15, 0.2) is 0 Å². The highest BCUT2D eigenvalue weighted by atomic mass is 16.4. The van der Waals surface area contributed by atoms with Crippen molar-refractivity contribution in [1.82, 2.24) is 4.90 Å². The standard InChI is InChI=1S/C13H15NO4/c1-8-4-2-3-5-10(8)9-6-11(12(15)16)14(7-9)13(17)18/h2-5,9,11H,6-7H2,1H3,(H,15,16)(H,17,18)/t9-,11-/m0/s1. The maximum Gasteiger partial charge on any atom is 0.408 e. The number of carboxylic acids is 1. The number of amides is 1. The Labute approximate surface area is 105 Å². The molecule has 1 aromatic rings. The molecule has 0 spiro atoms. The molecule has 1 saturated heterocycles. The van der Waals surface area contributed by atoms with Crippen molar-refractivity contribution in [2.24, 2.45) is 0 Å². The van der Waals surface area contributed by atoms with Gasteiger partial charge in [-0.25, -0.2) is 9.59 Å². The van der Waals surface area contributed by atoms with Gasteiger partial charge in [0.25, 0.3) is 0 Å². The molecule has 96 valence electrons. The molecule has 0 aliphatic carbocycles. The SMILES string of the molecule is Cc1ccccc1[C@H]1C[C@@H](C(=O)O)N(C(=O)O)C1. The smallest absolute Gasteiger partial charge is 0.408 e. The maximum absolute atomic E-state index is 11.1. The molecule has 1 aromatic carbocycles. The van der Waals surface area contributed by atoms with E-state index in [1.165, 1.54) is 0 Å². The van der Waals surface area contributed by atoms with Crippen molar-refractivity contribution in [2.45, 2.75) is 25.3 Å². The fraction of sp³-hybridized carbons (Fsp3) is 0.385. The molecule has 5 heteroatoms. The average Bonchev–Trinajstić information content (AvgIpc) is 2.74. The summed E-state index contributed by atoms with van der Waals surface area (Å²) >= 11 is 0. The molecule has 2 atom stereocenters. The predicted octanol–water partition coefficient (Wildman–Crippen LogP) is 1.92. The first-order chi connectivity index (χ1) is 8.50. The Hall–Kier alpha value is -2.04. The Morgan fingerprint density at radius 2 is 1.94 bits per heavy atom. The van der Waals surface area contributed by atoms with Crippen molar-refractivity contribution in [3.05, 3.63) is 35.4 Å². The molecule has 1 heterocycles. The zero-order valence-electron chi connectivity index (χ0n) is 10.0. The topological polar surface area (TPSA) is 77.8 Å². The molecule has 0 unspecified atom stereocenters. The van der Waals surface area contributed by atoms with Crippen LogP contribution in [0.1, 0.15) is 23.5 Å². The lowest BCUT2D eigenvalue weighted by Crippen LogP contribution is -2.39. The van der Waals surface area contributed by atoms with E-state index in [2.05, 4.69) is 0 Å². The highest BCUT2D eigenvalue weighted by Gasteiger charge is 2.40. The molecule has 2 rings (SSSR count). The Morgan fingerprint density at radius 3 is 2.44 bits per heavy atom. The third-order valence-electron chi connectivity index (χ3n) is 3.46. The van der Waals surface area contributed by atoms with E-state index in [1.54, 1.807) is 0 Å². The molecule has 0 saturated carbocycles. The number of hydrogen-bond donors (Lipinski definition) is 2. The Morgan fingerprint density at radius 1 is 1.28 bits per heavy atom. The fourth-order valence-electron chi connectivity index (χ4n) is 2.55. The largest absolute Gasteiger partial charge is 0.480 e. The zero-order chi connectivity index (χ0) is 13.3. The zero-order valence-corrected chi connectivity index (χ0v) is 10.0. The number of rotatable bonds is 2. The number of aliphatic carboxylic acids is 1. The van der Waals surface area contributed by atoms with Crippen LogP contribution in [-0.4, -0.2) is 39.8 Å². The lowest BCUT2D eigenvalue weighted by Gasteiger charge is -2.17. The van der Waals surface area contributed by atoms with Crippen LogP contribution in [0, 0.1) is 6.92 Å². The summed E-state index contributed by atoms with van der Waals surface area (Å²) in [5, 5.41) is 18.1. The van der Waals surface area contributed by atoms with Crippen molar-refractivity contribution in [2.75, 3.05) is 6.54 Å². The molecule has 1 fully saturated rings. The summed E-state index contributed by atoms with van der Waals surface area (Å²) in [6.45, 7) is 2.20. The second-order valence-electron chi connectivity index (χ2n) is 4.58. The van der Waals surface area contributed by atoms with Gasteiger partial charge in [-0.15, -0.1) is 0 Å². The van der Waals surface area contributed by atoms with Crippen molar-refractivity contribution in [3.63, 3.8) is 0 Å². The van der Waals surface area contributed by atoms with Gasteiger partial charge in [0.1, 0.15) is 6.04 Å². The minimum Gasteiger partial charge on any atom is -0.480 e. The van der Waals surface area contributed by atoms with Crippen LogP contribution in [0.25, 0.3) is 0 Å². The van der Waals surface area contributed by atoms with E-state index in [1.807, 2.05) is 31.2 Å². The van der Waals surface area contributed by atoms with Crippen LogP contribution in [0.2, 0.25) is 0 Å². The second kappa shape index (κ2) is 4.68. The molecule has 1 aliphatic heterocycles. The van der Waals surface area contributed by atoms with Crippen LogP contribution in [0.3, 0.4) is 0 Å². The summed E-state index contributed by atoms with van der Waals surface area (Å²) in [6.07, 6.45) is -0.828.